The van der Waals surface area contributed by atoms with Crippen molar-refractivity contribution >= 4 is 35.7 Å². The summed E-state index contributed by atoms with van der Waals surface area (Å²) in [6, 6.07) is 12.6. The summed E-state index contributed by atoms with van der Waals surface area (Å²) in [5.74, 6) is -1.60. The van der Waals surface area contributed by atoms with Crippen LogP contribution in [0.25, 0.3) is 11.1 Å². The molecule has 0 aromatic heterocycles. The van der Waals surface area contributed by atoms with Gasteiger partial charge in [-0.15, -0.1) is 0 Å². The van der Waals surface area contributed by atoms with Crippen molar-refractivity contribution in [2.75, 3.05) is 25.2 Å². The number of aromatic carboxylic acids is 1. The number of amides is 2. The molecular formula is C31H42N2O8S. The first-order valence-corrected chi connectivity index (χ1v) is 14.8. The van der Waals surface area contributed by atoms with E-state index in [1.807, 2.05) is 51.1 Å². The molecule has 2 aromatic carbocycles. The topological polar surface area (TPSA) is 140 Å². The lowest BCUT2D eigenvalue weighted by Gasteiger charge is -2.26. The largest absolute Gasteiger partial charge is 0.478 e. The fourth-order valence-electron chi connectivity index (χ4n) is 3.77. The van der Waals surface area contributed by atoms with Crippen molar-refractivity contribution in [3.8, 4) is 11.1 Å². The summed E-state index contributed by atoms with van der Waals surface area (Å²) < 4.78 is 15.9. The predicted octanol–water partition coefficient (Wildman–Crippen LogP) is 4.69. The van der Waals surface area contributed by atoms with Crippen LogP contribution in [-0.4, -0.2) is 77.6 Å². The molecule has 2 aromatic rings. The quantitative estimate of drug-likeness (QED) is 0.220. The molecular weight excluding hydrogens is 560 g/mol. The van der Waals surface area contributed by atoms with Gasteiger partial charge in [0.1, 0.15) is 11.6 Å². The third-order valence-electron chi connectivity index (χ3n) is 5.73. The molecule has 11 heteroatoms. The lowest BCUT2D eigenvalue weighted by atomic mass is 9.96. The van der Waals surface area contributed by atoms with Crippen LogP contribution < -0.4 is 10.6 Å². The maximum atomic E-state index is 13.3. The van der Waals surface area contributed by atoms with Crippen LogP contribution in [0.4, 0.5) is 4.79 Å². The number of hydrogen-bond acceptors (Lipinski definition) is 8. The van der Waals surface area contributed by atoms with E-state index in [9.17, 15) is 24.3 Å². The maximum absolute atomic E-state index is 13.3. The Morgan fingerprint density at radius 1 is 0.905 bits per heavy atom. The highest BCUT2D eigenvalue weighted by atomic mass is 32.2. The number of nitrogens with one attached hydrogen (secondary N) is 2. The molecule has 0 bridgehead atoms. The van der Waals surface area contributed by atoms with Crippen molar-refractivity contribution in [3.63, 3.8) is 0 Å². The molecule has 2 amide bonds. The maximum Gasteiger partial charge on any atom is 0.408 e. The molecule has 0 fully saturated rings. The third-order valence-corrected chi connectivity index (χ3v) is 6.79. The van der Waals surface area contributed by atoms with Gasteiger partial charge in [-0.1, -0.05) is 36.4 Å². The SMILES string of the molecule is COC(=O)C(COC(C)(C)C)NC(=O)C(CSCCc1cc(C(=O)O)ccc1-c1ccccc1)NC(=O)OC(C)(C)C. The fraction of sp³-hybridized carbons (Fsp3) is 0.484. The van der Waals surface area contributed by atoms with Gasteiger partial charge in [0, 0.05) is 5.75 Å². The van der Waals surface area contributed by atoms with Crippen LogP contribution in [-0.2, 0) is 30.2 Å². The van der Waals surface area contributed by atoms with Crippen LogP contribution in [0.15, 0.2) is 48.5 Å². The monoisotopic (exact) mass is 602 g/mol. The minimum absolute atomic E-state index is 0.115. The van der Waals surface area contributed by atoms with E-state index in [1.54, 1.807) is 39.0 Å². The van der Waals surface area contributed by atoms with Gasteiger partial charge in [-0.05, 0) is 82.5 Å². The number of carbonyl (C=O) groups excluding carboxylic acids is 3. The molecule has 0 aliphatic carbocycles. The summed E-state index contributed by atoms with van der Waals surface area (Å²) in [5.41, 5.74) is 1.57. The Bertz CT molecular complexity index is 1220. The molecule has 2 rings (SSSR count). The normalized spacial score (nSPS) is 13.0. The number of alkyl carbamates (subject to hydrolysis) is 1. The Kier molecular flexibility index (Phi) is 12.9. The average molecular weight is 603 g/mol. The molecule has 0 aliphatic rings. The van der Waals surface area contributed by atoms with Gasteiger partial charge in [0.2, 0.25) is 5.91 Å². The number of benzene rings is 2. The number of aryl methyl sites for hydroxylation is 1. The third kappa shape index (κ3) is 12.1. The summed E-state index contributed by atoms with van der Waals surface area (Å²) >= 11 is 1.40. The van der Waals surface area contributed by atoms with Crippen molar-refractivity contribution in [2.24, 2.45) is 0 Å². The van der Waals surface area contributed by atoms with Gasteiger partial charge in [0.05, 0.1) is 24.9 Å². The van der Waals surface area contributed by atoms with Crippen LogP contribution in [0.3, 0.4) is 0 Å². The van der Waals surface area contributed by atoms with Crippen molar-refractivity contribution in [2.45, 2.75) is 71.2 Å². The van der Waals surface area contributed by atoms with E-state index >= 15 is 0 Å². The molecule has 2 atom stereocenters. The highest BCUT2D eigenvalue weighted by molar-refractivity contribution is 7.99. The van der Waals surface area contributed by atoms with Crippen molar-refractivity contribution in [1.29, 1.82) is 0 Å². The molecule has 0 heterocycles. The number of carbonyl (C=O) groups is 4. The smallest absolute Gasteiger partial charge is 0.408 e. The molecule has 0 spiro atoms. The molecule has 0 aliphatic heterocycles. The van der Waals surface area contributed by atoms with Gasteiger partial charge in [0.15, 0.2) is 6.04 Å². The number of esters is 1. The molecule has 0 saturated heterocycles. The first kappa shape index (κ1) is 34.6. The van der Waals surface area contributed by atoms with Gasteiger partial charge in [-0.25, -0.2) is 14.4 Å². The number of ether oxygens (including phenoxy) is 3. The molecule has 0 saturated carbocycles. The Labute approximate surface area is 251 Å². The lowest BCUT2D eigenvalue weighted by molar-refractivity contribution is -0.148. The Morgan fingerprint density at radius 3 is 2.14 bits per heavy atom. The lowest BCUT2D eigenvalue weighted by Crippen LogP contribution is -2.55. The van der Waals surface area contributed by atoms with Gasteiger partial charge < -0.3 is 30.0 Å². The number of methoxy groups -OCH3 is 1. The second-order valence-electron chi connectivity index (χ2n) is 11.6. The number of rotatable bonds is 13. The van der Waals surface area contributed by atoms with Gasteiger partial charge in [-0.2, -0.15) is 11.8 Å². The van der Waals surface area contributed by atoms with Crippen molar-refractivity contribution < 1.29 is 38.5 Å². The van der Waals surface area contributed by atoms with Gasteiger partial charge in [-0.3, -0.25) is 4.79 Å². The standard InChI is InChI=1S/C31H42N2O8S/c1-30(2,3)40-18-24(28(37)39-7)32-26(34)25(33-29(38)41-31(4,5)6)19-42-16-15-21-17-22(27(35)36)13-14-23(21)20-11-9-8-10-12-20/h8-14,17,24-25H,15-16,18-19H2,1-7H3,(H,32,34)(H,33,38)(H,35,36). The molecule has 3 N–H and O–H groups in total. The first-order valence-electron chi connectivity index (χ1n) is 13.6. The van der Waals surface area contributed by atoms with Crippen LogP contribution >= 0.6 is 11.8 Å². The van der Waals surface area contributed by atoms with Crippen LogP contribution in [0.1, 0.15) is 57.5 Å². The second kappa shape index (κ2) is 15.6. The highest BCUT2D eigenvalue weighted by Crippen LogP contribution is 2.26. The van der Waals surface area contributed by atoms with E-state index in [0.717, 1.165) is 16.7 Å². The minimum atomic E-state index is -1.08. The Balaban J connectivity index is 2.18. The summed E-state index contributed by atoms with van der Waals surface area (Å²) in [5, 5.41) is 14.7. The van der Waals surface area contributed by atoms with E-state index in [1.165, 1.54) is 18.9 Å². The summed E-state index contributed by atoms with van der Waals surface area (Å²) in [7, 11) is 1.22. The minimum Gasteiger partial charge on any atom is -0.478 e. The van der Waals surface area contributed by atoms with Gasteiger partial charge in [0.25, 0.3) is 0 Å². The fourth-order valence-corrected chi connectivity index (χ4v) is 4.77. The summed E-state index contributed by atoms with van der Waals surface area (Å²) in [6.07, 6.45) is -0.259. The number of carboxylic acids is 1. The Morgan fingerprint density at radius 2 is 1.57 bits per heavy atom. The molecule has 230 valence electrons. The van der Waals surface area contributed by atoms with E-state index in [4.69, 9.17) is 14.2 Å². The zero-order valence-corrected chi connectivity index (χ0v) is 26.1. The van der Waals surface area contributed by atoms with Crippen LogP contribution in [0.5, 0.6) is 0 Å². The van der Waals surface area contributed by atoms with Crippen LogP contribution in [0, 0.1) is 0 Å². The van der Waals surface area contributed by atoms with E-state index in [2.05, 4.69) is 10.6 Å². The van der Waals surface area contributed by atoms with Crippen molar-refractivity contribution in [1.82, 2.24) is 10.6 Å². The van der Waals surface area contributed by atoms with Crippen LogP contribution in [0.2, 0.25) is 0 Å². The van der Waals surface area contributed by atoms with Crippen molar-refractivity contribution in [3.05, 3.63) is 59.7 Å². The highest BCUT2D eigenvalue weighted by Gasteiger charge is 2.30. The Hall–Kier alpha value is -3.57. The number of hydrogen-bond donors (Lipinski definition) is 3. The second-order valence-corrected chi connectivity index (χ2v) is 12.7. The molecule has 2 unspecified atom stereocenters. The molecule has 0 radical (unpaired) electrons. The average Bonchev–Trinajstić information content (AvgIpc) is 2.90. The summed E-state index contributed by atoms with van der Waals surface area (Å²) in [4.78, 5) is 49.8. The zero-order chi connectivity index (χ0) is 31.5. The molecule has 42 heavy (non-hydrogen) atoms. The summed E-state index contributed by atoms with van der Waals surface area (Å²) in [6.45, 7) is 10.5. The zero-order valence-electron chi connectivity index (χ0n) is 25.3. The number of carboxylic acid groups (broad SMARTS) is 1. The van der Waals surface area contributed by atoms with E-state index in [-0.39, 0.29) is 17.9 Å². The predicted molar refractivity (Wildman–Crippen MR) is 163 cm³/mol. The molecule has 10 nitrogen and oxygen atoms in total. The van der Waals surface area contributed by atoms with Gasteiger partial charge >= 0.3 is 18.0 Å². The van der Waals surface area contributed by atoms with E-state index in [0.29, 0.717) is 12.2 Å². The number of thioether (sulfide) groups is 1. The first-order chi connectivity index (χ1) is 19.6. The van der Waals surface area contributed by atoms with E-state index < -0.39 is 47.2 Å².